The molecule has 10 heteroatoms. The first-order valence-corrected chi connectivity index (χ1v) is 20.9. The lowest BCUT2D eigenvalue weighted by Gasteiger charge is -2.35. The number of hydrogen-bond acceptors (Lipinski definition) is 6. The number of carbonyl (C=O) groups excluding carboxylic acids is 3. The van der Waals surface area contributed by atoms with Crippen LogP contribution < -0.4 is 5.32 Å². The average molecular weight is 791 g/mol. The van der Waals surface area contributed by atoms with Gasteiger partial charge < -0.3 is 9.80 Å². The quantitative estimate of drug-likeness (QED) is 0.161. The van der Waals surface area contributed by atoms with E-state index in [1.165, 1.54) is 12.8 Å². The Balaban J connectivity index is 0.782. The van der Waals surface area contributed by atoms with Crippen LogP contribution in [0.3, 0.4) is 0 Å². The predicted octanol–water partition coefficient (Wildman–Crippen LogP) is 7.42. The number of halogens is 1. The van der Waals surface area contributed by atoms with Crippen LogP contribution in [0, 0.1) is 66.6 Å². The predicted molar refractivity (Wildman–Crippen MR) is 223 cm³/mol. The third-order valence-corrected chi connectivity index (χ3v) is 12.8. The van der Waals surface area contributed by atoms with E-state index in [2.05, 4.69) is 78.1 Å². The molecule has 8 rings (SSSR count). The van der Waals surface area contributed by atoms with Gasteiger partial charge in [0, 0.05) is 59.3 Å². The maximum absolute atomic E-state index is 13.2. The number of nitrogens with one attached hydrogen (secondary N) is 1. The molecule has 1 N–H and O–H groups in total. The molecule has 3 aliphatic heterocycles. The molecule has 1 saturated carbocycles. The molecule has 2 saturated heterocycles. The van der Waals surface area contributed by atoms with Gasteiger partial charge in [0.15, 0.2) is 0 Å². The van der Waals surface area contributed by atoms with Gasteiger partial charge in [0.05, 0.1) is 22.8 Å². The van der Waals surface area contributed by atoms with Crippen LogP contribution in [0.25, 0.3) is 11.3 Å². The summed E-state index contributed by atoms with van der Waals surface area (Å²) in [7, 11) is 0. The Bertz CT molecular complexity index is 2420. The van der Waals surface area contributed by atoms with Gasteiger partial charge in [-0.05, 0) is 131 Å². The second-order valence-electron chi connectivity index (χ2n) is 16.3. The van der Waals surface area contributed by atoms with E-state index in [0.717, 1.165) is 90.1 Å². The van der Waals surface area contributed by atoms with Crippen molar-refractivity contribution in [2.75, 3.05) is 19.6 Å². The van der Waals surface area contributed by atoms with Crippen LogP contribution in [0.4, 0.5) is 0 Å². The third-order valence-electron chi connectivity index (χ3n) is 12.5. The van der Waals surface area contributed by atoms with E-state index in [4.69, 9.17) is 16.7 Å². The summed E-state index contributed by atoms with van der Waals surface area (Å²) in [6.45, 7) is 8.40. The van der Waals surface area contributed by atoms with Gasteiger partial charge in [-0.1, -0.05) is 59.5 Å². The van der Waals surface area contributed by atoms with Crippen LogP contribution in [0.2, 0.25) is 5.02 Å². The largest absolute Gasteiger partial charge is 0.322 e. The van der Waals surface area contributed by atoms with Crippen molar-refractivity contribution in [3.8, 4) is 41.0 Å². The van der Waals surface area contributed by atoms with Crippen LogP contribution >= 0.6 is 11.6 Å². The van der Waals surface area contributed by atoms with E-state index in [1.807, 2.05) is 35.0 Å². The van der Waals surface area contributed by atoms with Gasteiger partial charge in [-0.25, -0.2) is 0 Å². The van der Waals surface area contributed by atoms with Gasteiger partial charge in [0.25, 0.3) is 5.91 Å². The van der Waals surface area contributed by atoms with Crippen LogP contribution in [0.1, 0.15) is 101 Å². The number of imide groups is 1. The third kappa shape index (κ3) is 8.46. The zero-order valence-corrected chi connectivity index (χ0v) is 33.9. The maximum Gasteiger partial charge on any atom is 0.255 e. The Labute approximate surface area is 345 Å². The molecule has 9 nitrogen and oxygen atoms in total. The summed E-state index contributed by atoms with van der Waals surface area (Å²) in [5.74, 6) is 14.6. The molecule has 1 unspecified atom stereocenters. The van der Waals surface area contributed by atoms with Crippen molar-refractivity contribution >= 4 is 29.3 Å². The lowest BCUT2D eigenvalue weighted by molar-refractivity contribution is -0.136. The van der Waals surface area contributed by atoms with Crippen LogP contribution in [-0.4, -0.2) is 63.0 Å². The van der Waals surface area contributed by atoms with E-state index >= 15 is 0 Å². The second kappa shape index (κ2) is 17.1. The van der Waals surface area contributed by atoms with E-state index in [9.17, 15) is 19.6 Å². The Kier molecular flexibility index (Phi) is 11.5. The second-order valence-corrected chi connectivity index (χ2v) is 16.7. The smallest absolute Gasteiger partial charge is 0.255 e. The Morgan fingerprint density at radius 2 is 1.60 bits per heavy atom. The zero-order chi connectivity index (χ0) is 40.3. The molecule has 0 bridgehead atoms. The van der Waals surface area contributed by atoms with Gasteiger partial charge in [-0.2, -0.15) is 10.4 Å². The van der Waals surface area contributed by atoms with E-state index in [0.29, 0.717) is 53.4 Å². The molecule has 0 spiro atoms. The Morgan fingerprint density at radius 3 is 2.33 bits per heavy atom. The van der Waals surface area contributed by atoms with Gasteiger partial charge in [0.1, 0.15) is 12.1 Å². The van der Waals surface area contributed by atoms with Crippen molar-refractivity contribution in [3.63, 3.8) is 0 Å². The molecule has 58 heavy (non-hydrogen) atoms. The summed E-state index contributed by atoms with van der Waals surface area (Å²) in [6, 6.07) is 21.1. The number of benzene rings is 3. The molecular formula is C48H47ClN6O3. The van der Waals surface area contributed by atoms with Gasteiger partial charge in [-0.15, -0.1) is 0 Å². The number of hydrogen-bond donors (Lipinski definition) is 1. The van der Waals surface area contributed by atoms with Crippen molar-refractivity contribution < 1.29 is 14.4 Å². The summed E-state index contributed by atoms with van der Waals surface area (Å²) < 4.78 is 2.02. The minimum Gasteiger partial charge on any atom is -0.322 e. The lowest BCUT2D eigenvalue weighted by atomic mass is 9.81. The molecule has 4 aliphatic rings. The summed E-state index contributed by atoms with van der Waals surface area (Å²) >= 11 is 6.31. The average Bonchev–Trinajstić information content (AvgIpc) is 3.71. The number of likely N-dealkylation sites (tertiary alicyclic amines) is 1. The normalized spacial score (nSPS) is 21.0. The molecule has 3 fully saturated rings. The highest BCUT2D eigenvalue weighted by atomic mass is 35.5. The van der Waals surface area contributed by atoms with Gasteiger partial charge >= 0.3 is 0 Å². The fourth-order valence-electron chi connectivity index (χ4n) is 8.87. The molecule has 1 aromatic heterocycles. The van der Waals surface area contributed by atoms with Gasteiger partial charge in [0.2, 0.25) is 11.8 Å². The monoisotopic (exact) mass is 790 g/mol. The van der Waals surface area contributed by atoms with Crippen molar-refractivity contribution in [2.24, 2.45) is 17.8 Å². The van der Waals surface area contributed by atoms with Crippen LogP contribution in [0.5, 0.6) is 0 Å². The first-order valence-electron chi connectivity index (χ1n) is 20.5. The first-order chi connectivity index (χ1) is 28.1. The highest BCUT2D eigenvalue weighted by Gasteiger charge is 2.39. The van der Waals surface area contributed by atoms with Crippen LogP contribution in [-0.2, 0) is 22.7 Å². The number of carbonyl (C=O) groups is 3. The van der Waals surface area contributed by atoms with E-state index in [1.54, 1.807) is 11.0 Å². The lowest BCUT2D eigenvalue weighted by Crippen LogP contribution is -2.52. The minimum atomic E-state index is -0.621. The number of amides is 3. The molecule has 1 atom stereocenters. The van der Waals surface area contributed by atoms with Crippen molar-refractivity contribution in [2.45, 2.75) is 84.3 Å². The zero-order valence-electron chi connectivity index (χ0n) is 33.1. The van der Waals surface area contributed by atoms with Crippen molar-refractivity contribution in [1.29, 1.82) is 5.26 Å². The molecule has 3 aromatic carbocycles. The Hall–Kier alpha value is -5.66. The molecule has 4 heterocycles. The highest BCUT2D eigenvalue weighted by molar-refractivity contribution is 6.32. The molecule has 1 aliphatic carbocycles. The number of nitriles is 1. The summed E-state index contributed by atoms with van der Waals surface area (Å²) in [4.78, 5) is 41.5. The summed E-state index contributed by atoms with van der Waals surface area (Å²) in [5.41, 5.74) is 8.99. The van der Waals surface area contributed by atoms with E-state index in [-0.39, 0.29) is 18.2 Å². The van der Waals surface area contributed by atoms with Crippen molar-refractivity contribution in [1.82, 2.24) is 24.9 Å². The summed E-state index contributed by atoms with van der Waals surface area (Å²) in [6.07, 6.45) is 7.40. The molecule has 3 amide bonds. The number of rotatable bonds is 6. The number of aromatic nitrogens is 2. The fraction of sp³-hybridized carbons (Fsp3) is 0.396. The Morgan fingerprint density at radius 1 is 0.862 bits per heavy atom. The highest BCUT2D eigenvalue weighted by Crippen LogP contribution is 2.33. The number of fused-ring (bicyclic) bond motifs is 1. The SMILES string of the molecule is Cc1c(-c2ccc(C#N)c(Cl)c2)nn(Cc2ccc(C#CC3CCC(CN4CCC(C#Cc5cccc6c5CN(C5CCC(=O)NC5=O)C6=O)CC4)CC3)cc2)c1C. The van der Waals surface area contributed by atoms with E-state index < -0.39 is 11.9 Å². The maximum atomic E-state index is 13.2. The standard InChI is InChI=1S/C48H47ClN6O3/c1-31-32(2)55(52-46(31)39-18-19-40(27-50)43(49)26-39)29-37-14-10-34(11-15-37)7-6-33-8-12-36(13-9-33)28-53-24-22-35(23-25-53)16-17-38-4-3-5-41-42(38)30-54(48(41)58)44-20-21-45(56)51-47(44)57/h3-5,10-11,14-15,18-19,26,33,35-36,44H,8-9,12-13,20-25,28-30H2,1-2H3,(H,51,56,57). The summed E-state index contributed by atoms with van der Waals surface area (Å²) in [5, 5.41) is 16.9. The molecule has 0 radical (unpaired) electrons. The topological polar surface area (TPSA) is 111 Å². The fourth-order valence-corrected chi connectivity index (χ4v) is 9.09. The van der Waals surface area contributed by atoms with Gasteiger partial charge in [-0.3, -0.25) is 24.4 Å². The molecular weight excluding hydrogens is 744 g/mol. The van der Waals surface area contributed by atoms with Crippen LogP contribution in [0.15, 0.2) is 60.7 Å². The molecule has 4 aromatic rings. The number of nitrogens with zero attached hydrogens (tertiary/aromatic N) is 5. The minimum absolute atomic E-state index is 0.162. The van der Waals surface area contributed by atoms with Crippen molar-refractivity contribution in [3.05, 3.63) is 110 Å². The molecule has 294 valence electrons. The first kappa shape index (κ1) is 39.2. The number of piperidine rings is 2.